The number of aliphatic hydroxyl groups is 4. The van der Waals surface area contributed by atoms with E-state index >= 15 is 0 Å². The molecule has 4 N–H and O–H groups in total. The molecule has 6 heteroatoms. The molecule has 4 unspecified atom stereocenters. The molecule has 1 aliphatic carbocycles. The average molecular weight is 220 g/mol. The Hall–Kier alpha value is -0.240. The molecule has 88 valence electrons. The first-order chi connectivity index (χ1) is 7.03. The Kier molecular flexibility index (Phi) is 2.74. The first kappa shape index (κ1) is 11.3. The Labute approximate surface area is 87.1 Å². The second-order valence-electron chi connectivity index (χ2n) is 4.22. The average Bonchev–Trinajstić information content (AvgIpc) is 2.19. The Morgan fingerprint density at radius 3 is 2.60 bits per heavy atom. The van der Waals surface area contributed by atoms with E-state index in [0.717, 1.165) is 0 Å². The van der Waals surface area contributed by atoms with Crippen LogP contribution in [0, 0.1) is 11.8 Å². The Balaban J connectivity index is 2.15. The van der Waals surface area contributed by atoms with Crippen LogP contribution in [-0.4, -0.2) is 58.4 Å². The monoisotopic (exact) mass is 220 g/mol. The van der Waals surface area contributed by atoms with Gasteiger partial charge in [-0.25, -0.2) is 0 Å². The molecule has 2 aliphatic rings. The largest absolute Gasteiger partial charge is 0.396 e. The third kappa shape index (κ3) is 1.49. The van der Waals surface area contributed by atoms with Gasteiger partial charge in [0.05, 0.1) is 18.1 Å². The van der Waals surface area contributed by atoms with Crippen molar-refractivity contribution in [2.24, 2.45) is 11.8 Å². The van der Waals surface area contributed by atoms with E-state index in [4.69, 9.17) is 14.6 Å². The maximum absolute atomic E-state index is 9.94. The van der Waals surface area contributed by atoms with Gasteiger partial charge in [0.2, 0.25) is 0 Å². The lowest BCUT2D eigenvalue weighted by atomic mass is 9.70. The van der Waals surface area contributed by atoms with E-state index in [9.17, 15) is 15.3 Å². The number of methoxy groups -OCH3 is 1. The number of hydrogen-bond acceptors (Lipinski definition) is 6. The fraction of sp³-hybridized carbons (Fsp3) is 1.00. The molecule has 2 rings (SSSR count). The molecule has 6 nitrogen and oxygen atoms in total. The van der Waals surface area contributed by atoms with E-state index in [2.05, 4.69) is 0 Å². The number of aliphatic hydroxyl groups excluding tert-OH is 3. The van der Waals surface area contributed by atoms with E-state index in [1.807, 2.05) is 0 Å². The number of hydrogen-bond donors (Lipinski definition) is 4. The van der Waals surface area contributed by atoms with Crippen molar-refractivity contribution in [3.8, 4) is 0 Å². The smallest absolute Gasteiger partial charge is 0.179 e. The topological polar surface area (TPSA) is 99.4 Å². The molecule has 0 aromatic carbocycles. The minimum Gasteiger partial charge on any atom is -0.396 e. The van der Waals surface area contributed by atoms with Gasteiger partial charge in [-0.1, -0.05) is 0 Å². The zero-order chi connectivity index (χ0) is 11.2. The second kappa shape index (κ2) is 3.65. The lowest BCUT2D eigenvalue weighted by molar-refractivity contribution is -0.459. The maximum atomic E-state index is 9.94. The summed E-state index contributed by atoms with van der Waals surface area (Å²) in [6.45, 7) is -0.297. The van der Waals surface area contributed by atoms with Crippen LogP contribution < -0.4 is 0 Å². The molecule has 2 fully saturated rings. The minimum atomic E-state index is -1.48. The highest BCUT2D eigenvalue weighted by Crippen LogP contribution is 2.49. The highest BCUT2D eigenvalue weighted by Gasteiger charge is 2.64. The molecule has 0 bridgehead atoms. The van der Waals surface area contributed by atoms with Crippen LogP contribution in [0.15, 0.2) is 0 Å². The summed E-state index contributed by atoms with van der Waals surface area (Å²) in [6, 6.07) is 0. The van der Waals surface area contributed by atoms with Gasteiger partial charge in [-0.05, 0) is 0 Å². The van der Waals surface area contributed by atoms with Crippen LogP contribution in [0.4, 0.5) is 0 Å². The summed E-state index contributed by atoms with van der Waals surface area (Å²) in [7, 11) is 1.40. The van der Waals surface area contributed by atoms with Crippen LogP contribution in [0.3, 0.4) is 0 Å². The molecule has 0 aromatic rings. The number of rotatable bonds is 2. The highest BCUT2D eigenvalue weighted by molar-refractivity contribution is 5.03. The number of fused-ring (bicyclic) bond motifs is 1. The van der Waals surface area contributed by atoms with Crippen LogP contribution in [0.1, 0.15) is 6.42 Å². The molecular weight excluding hydrogens is 204 g/mol. The standard InChI is InChI=1S/C9H16O6/c1-14-8-5-7(12)6(11)4(3-10)2-9(5,13)15-8/h4-8,10-13H,2-3H2,1H3/t4?,5?,6-,7?,8-,9?/m1/s1. The van der Waals surface area contributed by atoms with Crippen LogP contribution in [0.5, 0.6) is 0 Å². The first-order valence-electron chi connectivity index (χ1n) is 4.93. The summed E-state index contributed by atoms with van der Waals surface area (Å²) in [5.41, 5.74) is 0. The highest BCUT2D eigenvalue weighted by atomic mass is 16.8. The lowest BCUT2D eigenvalue weighted by Gasteiger charge is -2.57. The summed E-state index contributed by atoms with van der Waals surface area (Å²) in [4.78, 5) is 0. The minimum absolute atomic E-state index is 0.103. The second-order valence-corrected chi connectivity index (χ2v) is 4.22. The van der Waals surface area contributed by atoms with Gasteiger partial charge in [0, 0.05) is 26.1 Å². The van der Waals surface area contributed by atoms with Crippen molar-refractivity contribution < 1.29 is 29.9 Å². The van der Waals surface area contributed by atoms with E-state index in [-0.39, 0.29) is 13.0 Å². The predicted molar refractivity (Wildman–Crippen MR) is 47.5 cm³/mol. The van der Waals surface area contributed by atoms with Gasteiger partial charge in [-0.3, -0.25) is 0 Å². The molecule has 0 aromatic heterocycles. The summed E-state index contributed by atoms with van der Waals surface area (Å²) in [5.74, 6) is -2.70. The van der Waals surface area contributed by atoms with Crippen LogP contribution in [0.25, 0.3) is 0 Å². The quantitative estimate of drug-likeness (QED) is 0.431. The van der Waals surface area contributed by atoms with Gasteiger partial charge in [-0.2, -0.15) is 0 Å². The molecule has 0 amide bonds. The summed E-state index contributed by atoms with van der Waals surface area (Å²) < 4.78 is 9.97. The molecule has 1 saturated carbocycles. The first-order valence-corrected chi connectivity index (χ1v) is 4.93. The van der Waals surface area contributed by atoms with Crippen molar-refractivity contribution in [1.82, 2.24) is 0 Å². The molecule has 15 heavy (non-hydrogen) atoms. The number of ether oxygens (including phenoxy) is 2. The van der Waals surface area contributed by atoms with Crippen molar-refractivity contribution in [2.45, 2.75) is 30.7 Å². The molecule has 6 atom stereocenters. The SMILES string of the molecule is CO[C@@H]1OC2(O)CC(CO)[C@@H](O)C(O)C12. The Morgan fingerprint density at radius 1 is 1.40 bits per heavy atom. The van der Waals surface area contributed by atoms with Gasteiger partial charge < -0.3 is 29.9 Å². The van der Waals surface area contributed by atoms with Crippen molar-refractivity contribution >= 4 is 0 Å². The van der Waals surface area contributed by atoms with Crippen LogP contribution >= 0.6 is 0 Å². The Bertz CT molecular complexity index is 247. The van der Waals surface area contributed by atoms with Crippen molar-refractivity contribution in [2.75, 3.05) is 13.7 Å². The van der Waals surface area contributed by atoms with E-state index < -0.39 is 36.1 Å². The molecule has 1 heterocycles. The van der Waals surface area contributed by atoms with Crippen molar-refractivity contribution in [1.29, 1.82) is 0 Å². The van der Waals surface area contributed by atoms with Gasteiger partial charge in [0.1, 0.15) is 0 Å². The van der Waals surface area contributed by atoms with Crippen molar-refractivity contribution in [3.05, 3.63) is 0 Å². The van der Waals surface area contributed by atoms with E-state index in [1.165, 1.54) is 7.11 Å². The Morgan fingerprint density at radius 2 is 2.07 bits per heavy atom. The fourth-order valence-corrected chi connectivity index (χ4v) is 2.46. The molecule has 1 aliphatic heterocycles. The fourth-order valence-electron chi connectivity index (χ4n) is 2.46. The van der Waals surface area contributed by atoms with E-state index in [1.54, 1.807) is 0 Å². The molecule has 1 saturated heterocycles. The van der Waals surface area contributed by atoms with E-state index in [0.29, 0.717) is 0 Å². The van der Waals surface area contributed by atoms with Gasteiger partial charge in [0.15, 0.2) is 12.1 Å². The third-order valence-corrected chi connectivity index (χ3v) is 3.36. The predicted octanol–water partition coefficient (Wildman–Crippen LogP) is -1.97. The summed E-state index contributed by atoms with van der Waals surface area (Å²) in [5, 5.41) is 38.3. The van der Waals surface area contributed by atoms with Crippen LogP contribution in [0.2, 0.25) is 0 Å². The van der Waals surface area contributed by atoms with Gasteiger partial charge in [-0.15, -0.1) is 0 Å². The molecule has 0 spiro atoms. The molecular formula is C9H16O6. The third-order valence-electron chi connectivity index (χ3n) is 3.36. The van der Waals surface area contributed by atoms with Crippen molar-refractivity contribution in [3.63, 3.8) is 0 Å². The summed E-state index contributed by atoms with van der Waals surface area (Å²) >= 11 is 0. The molecule has 0 radical (unpaired) electrons. The lowest BCUT2D eigenvalue weighted by Crippen LogP contribution is -2.71. The van der Waals surface area contributed by atoms with Gasteiger partial charge >= 0.3 is 0 Å². The zero-order valence-corrected chi connectivity index (χ0v) is 8.41. The van der Waals surface area contributed by atoms with Gasteiger partial charge in [0.25, 0.3) is 0 Å². The van der Waals surface area contributed by atoms with Crippen LogP contribution in [-0.2, 0) is 9.47 Å². The normalized spacial score (nSPS) is 54.6. The zero-order valence-electron chi connectivity index (χ0n) is 8.41. The summed E-state index contributed by atoms with van der Waals surface area (Å²) in [6.07, 6.45) is -2.78. The maximum Gasteiger partial charge on any atom is 0.179 e.